The normalized spacial score (nSPS) is 20.3. The predicted molar refractivity (Wildman–Crippen MR) is 93.4 cm³/mol. The molecule has 2 saturated heterocycles. The number of methoxy groups -OCH3 is 1. The summed E-state index contributed by atoms with van der Waals surface area (Å²) in [7, 11) is 3.62. The zero-order valence-electron chi connectivity index (χ0n) is 14.9. The van der Waals surface area contributed by atoms with E-state index in [4.69, 9.17) is 4.74 Å². The Bertz CT molecular complexity index is 578. The number of nitrogens with zero attached hydrogens (tertiary/aromatic N) is 5. The van der Waals surface area contributed by atoms with Crippen molar-refractivity contribution in [2.24, 2.45) is 5.92 Å². The van der Waals surface area contributed by atoms with E-state index in [0.29, 0.717) is 0 Å². The van der Waals surface area contributed by atoms with Crippen molar-refractivity contribution >= 4 is 17.6 Å². The summed E-state index contributed by atoms with van der Waals surface area (Å²) in [5, 5.41) is 0. The number of aromatic nitrogens is 2. The summed E-state index contributed by atoms with van der Waals surface area (Å²) in [6.07, 6.45) is 1.64. The van der Waals surface area contributed by atoms with Gasteiger partial charge in [0.25, 0.3) is 0 Å². The Kier molecular flexibility index (Phi) is 5.18. The minimum Gasteiger partial charge on any atom is -0.469 e. The molecular formula is C17H27N5O2. The number of aryl methyl sites for hydroxylation is 1. The summed E-state index contributed by atoms with van der Waals surface area (Å²) in [5.41, 5.74) is 0. The lowest BCUT2D eigenvalue weighted by molar-refractivity contribution is -0.146. The van der Waals surface area contributed by atoms with Gasteiger partial charge in [0.2, 0.25) is 0 Å². The lowest BCUT2D eigenvalue weighted by Crippen LogP contribution is -2.45. The van der Waals surface area contributed by atoms with Gasteiger partial charge < -0.3 is 19.4 Å². The number of anilines is 2. The summed E-state index contributed by atoms with van der Waals surface area (Å²) in [6.45, 7) is 7.72. The van der Waals surface area contributed by atoms with Crippen LogP contribution in [0.4, 0.5) is 11.6 Å². The van der Waals surface area contributed by atoms with E-state index in [-0.39, 0.29) is 11.9 Å². The van der Waals surface area contributed by atoms with Crippen LogP contribution in [-0.2, 0) is 9.53 Å². The summed E-state index contributed by atoms with van der Waals surface area (Å²) >= 11 is 0. The molecule has 2 fully saturated rings. The molecule has 24 heavy (non-hydrogen) atoms. The van der Waals surface area contributed by atoms with Gasteiger partial charge in [-0.1, -0.05) is 0 Å². The Balaban J connectivity index is 1.69. The van der Waals surface area contributed by atoms with Gasteiger partial charge >= 0.3 is 5.97 Å². The van der Waals surface area contributed by atoms with Crippen molar-refractivity contribution in [2.45, 2.75) is 19.8 Å². The minimum atomic E-state index is -0.0911. The molecule has 3 heterocycles. The maximum atomic E-state index is 11.7. The van der Waals surface area contributed by atoms with E-state index in [0.717, 1.165) is 69.6 Å². The fourth-order valence-corrected chi connectivity index (χ4v) is 3.41. The number of rotatable bonds is 3. The highest BCUT2D eigenvalue weighted by Gasteiger charge is 2.27. The Morgan fingerprint density at radius 2 is 1.58 bits per heavy atom. The Morgan fingerprint density at radius 3 is 2.12 bits per heavy atom. The lowest BCUT2D eigenvalue weighted by Gasteiger charge is -2.35. The van der Waals surface area contributed by atoms with E-state index >= 15 is 0 Å². The molecule has 0 aliphatic carbocycles. The van der Waals surface area contributed by atoms with Gasteiger partial charge in [-0.25, -0.2) is 9.97 Å². The highest BCUT2D eigenvalue weighted by Crippen LogP contribution is 2.25. The van der Waals surface area contributed by atoms with Gasteiger partial charge in [0.15, 0.2) is 0 Å². The van der Waals surface area contributed by atoms with Gasteiger partial charge in [0.05, 0.1) is 13.0 Å². The quantitative estimate of drug-likeness (QED) is 0.763. The molecule has 0 amide bonds. The third kappa shape index (κ3) is 3.77. The molecular weight excluding hydrogens is 306 g/mol. The standard InChI is InChI=1S/C17H27N5O2/c1-13-18-15(21-6-4-14(5-7-21)17(23)24-3)12-16(19-13)22-10-8-20(2)9-11-22/h12,14H,4-11H2,1-3H3. The van der Waals surface area contributed by atoms with Crippen LogP contribution in [-0.4, -0.2) is 74.3 Å². The monoisotopic (exact) mass is 333 g/mol. The first-order valence-electron chi connectivity index (χ1n) is 8.69. The number of carbonyl (C=O) groups is 1. The number of hydrogen-bond donors (Lipinski definition) is 0. The maximum absolute atomic E-state index is 11.7. The largest absolute Gasteiger partial charge is 0.469 e. The topological polar surface area (TPSA) is 61.8 Å². The molecule has 0 unspecified atom stereocenters. The second-order valence-electron chi connectivity index (χ2n) is 6.71. The molecule has 1 aromatic rings. The molecule has 0 atom stereocenters. The Morgan fingerprint density at radius 1 is 1.04 bits per heavy atom. The van der Waals surface area contributed by atoms with E-state index < -0.39 is 0 Å². The summed E-state index contributed by atoms with van der Waals surface area (Å²) in [5.74, 6) is 2.72. The van der Waals surface area contributed by atoms with Crippen LogP contribution in [0.25, 0.3) is 0 Å². The second kappa shape index (κ2) is 7.34. The molecule has 3 rings (SSSR count). The van der Waals surface area contributed by atoms with Gasteiger partial charge in [0, 0.05) is 45.3 Å². The summed E-state index contributed by atoms with van der Waals surface area (Å²) < 4.78 is 4.86. The van der Waals surface area contributed by atoms with Gasteiger partial charge in [0.1, 0.15) is 17.5 Å². The van der Waals surface area contributed by atoms with Gasteiger partial charge in [-0.3, -0.25) is 4.79 Å². The van der Waals surface area contributed by atoms with Crippen molar-refractivity contribution < 1.29 is 9.53 Å². The van der Waals surface area contributed by atoms with Crippen LogP contribution in [0.1, 0.15) is 18.7 Å². The van der Waals surface area contributed by atoms with Gasteiger partial charge in [-0.15, -0.1) is 0 Å². The number of hydrogen-bond acceptors (Lipinski definition) is 7. The van der Waals surface area contributed by atoms with E-state index in [2.05, 4.69) is 37.8 Å². The fourth-order valence-electron chi connectivity index (χ4n) is 3.41. The average molecular weight is 333 g/mol. The first-order valence-corrected chi connectivity index (χ1v) is 8.69. The zero-order chi connectivity index (χ0) is 17.1. The van der Waals surface area contributed by atoms with E-state index in [9.17, 15) is 4.79 Å². The van der Waals surface area contributed by atoms with Crippen LogP contribution in [0.2, 0.25) is 0 Å². The number of piperazine rings is 1. The molecule has 0 aromatic carbocycles. The molecule has 1 aromatic heterocycles. The van der Waals surface area contributed by atoms with Crippen molar-refractivity contribution in [1.82, 2.24) is 14.9 Å². The predicted octanol–water partition coefficient (Wildman–Crippen LogP) is 0.926. The first kappa shape index (κ1) is 17.0. The van der Waals surface area contributed by atoms with Crippen molar-refractivity contribution in [2.75, 3.05) is 63.2 Å². The molecule has 132 valence electrons. The average Bonchev–Trinajstić information content (AvgIpc) is 2.61. The zero-order valence-corrected chi connectivity index (χ0v) is 14.9. The smallest absolute Gasteiger partial charge is 0.308 e. The molecule has 0 N–H and O–H groups in total. The molecule has 0 spiro atoms. The number of likely N-dealkylation sites (N-methyl/N-ethyl adjacent to an activating group) is 1. The fraction of sp³-hybridized carbons (Fsp3) is 0.706. The number of carbonyl (C=O) groups excluding carboxylic acids is 1. The first-order chi connectivity index (χ1) is 11.6. The minimum absolute atomic E-state index is 0.0197. The van der Waals surface area contributed by atoms with Crippen molar-refractivity contribution in [3.63, 3.8) is 0 Å². The van der Waals surface area contributed by atoms with E-state index in [1.54, 1.807) is 0 Å². The van der Waals surface area contributed by atoms with E-state index in [1.807, 2.05) is 6.92 Å². The maximum Gasteiger partial charge on any atom is 0.308 e. The van der Waals surface area contributed by atoms with Crippen LogP contribution in [0.5, 0.6) is 0 Å². The molecule has 0 radical (unpaired) electrons. The third-order valence-electron chi connectivity index (χ3n) is 4.99. The van der Waals surface area contributed by atoms with Crippen molar-refractivity contribution in [1.29, 1.82) is 0 Å². The number of piperidine rings is 1. The molecule has 2 aliphatic rings. The second-order valence-corrected chi connectivity index (χ2v) is 6.71. The Labute approximate surface area is 143 Å². The molecule has 0 bridgehead atoms. The lowest BCUT2D eigenvalue weighted by atomic mass is 9.97. The number of ether oxygens (including phenoxy) is 1. The SMILES string of the molecule is COC(=O)C1CCN(c2cc(N3CCN(C)CC3)nc(C)n2)CC1. The molecule has 7 heteroatoms. The highest BCUT2D eigenvalue weighted by molar-refractivity contribution is 5.72. The third-order valence-corrected chi connectivity index (χ3v) is 4.99. The van der Waals surface area contributed by atoms with Crippen LogP contribution in [0.3, 0.4) is 0 Å². The number of esters is 1. The highest BCUT2D eigenvalue weighted by atomic mass is 16.5. The van der Waals surface area contributed by atoms with Gasteiger partial charge in [-0.05, 0) is 26.8 Å². The van der Waals surface area contributed by atoms with Crippen LogP contribution >= 0.6 is 0 Å². The Hall–Kier alpha value is -1.89. The molecule has 7 nitrogen and oxygen atoms in total. The summed E-state index contributed by atoms with van der Waals surface area (Å²) in [4.78, 5) is 27.8. The molecule has 2 aliphatic heterocycles. The van der Waals surface area contributed by atoms with Crippen LogP contribution < -0.4 is 9.80 Å². The van der Waals surface area contributed by atoms with E-state index in [1.165, 1.54) is 7.11 Å². The van der Waals surface area contributed by atoms with Crippen molar-refractivity contribution in [3.8, 4) is 0 Å². The molecule has 0 saturated carbocycles. The summed E-state index contributed by atoms with van der Waals surface area (Å²) in [6, 6.07) is 2.09. The van der Waals surface area contributed by atoms with Crippen LogP contribution in [0, 0.1) is 12.8 Å². The van der Waals surface area contributed by atoms with Crippen LogP contribution in [0.15, 0.2) is 6.07 Å². The van der Waals surface area contributed by atoms with Gasteiger partial charge in [-0.2, -0.15) is 0 Å². The van der Waals surface area contributed by atoms with Crippen molar-refractivity contribution in [3.05, 3.63) is 11.9 Å².